The molecule has 0 atom stereocenters. The molecule has 0 aliphatic carbocycles. The van der Waals surface area contributed by atoms with E-state index in [2.05, 4.69) is 19.8 Å². The summed E-state index contributed by atoms with van der Waals surface area (Å²) < 4.78 is 60.2. The second-order valence-corrected chi connectivity index (χ2v) is 7.39. The number of methoxy groups -OCH3 is 1. The van der Waals surface area contributed by atoms with Crippen molar-refractivity contribution in [3.8, 4) is 0 Å². The van der Waals surface area contributed by atoms with Crippen LogP contribution in [0, 0.1) is 6.92 Å². The molecular weight excluding hydrogens is 382 g/mol. The summed E-state index contributed by atoms with van der Waals surface area (Å²) in [6.45, 7) is -0.961. The molecule has 0 amide bonds. The first-order valence-electron chi connectivity index (χ1n) is 7.96. The van der Waals surface area contributed by atoms with Gasteiger partial charge in [0.05, 0.1) is 25.0 Å². The summed E-state index contributed by atoms with van der Waals surface area (Å²) in [5.74, 6) is 0.434. The average molecular weight is 400 g/mol. The molecule has 9 nitrogen and oxygen atoms in total. The van der Waals surface area contributed by atoms with Gasteiger partial charge in [0.25, 0.3) is 0 Å². The van der Waals surface area contributed by atoms with E-state index in [0.29, 0.717) is 34.8 Å². The average Bonchev–Trinajstić information content (AvgIpc) is 3.19. The monoisotopic (exact) mass is 400 g/mol. The Hall–Kier alpha value is -2.44. The van der Waals surface area contributed by atoms with Gasteiger partial charge in [-0.2, -0.15) is 13.9 Å². The van der Waals surface area contributed by atoms with Crippen molar-refractivity contribution in [1.29, 1.82) is 0 Å². The molecule has 3 aromatic rings. The van der Waals surface area contributed by atoms with Crippen molar-refractivity contribution in [2.75, 3.05) is 13.7 Å². The number of rotatable bonds is 8. The van der Waals surface area contributed by atoms with E-state index in [1.165, 1.54) is 6.92 Å². The lowest BCUT2D eigenvalue weighted by Crippen LogP contribution is -2.26. The maximum Gasteiger partial charge on any atom is 0.333 e. The highest BCUT2D eigenvalue weighted by molar-refractivity contribution is 7.89. The topological polar surface area (TPSA) is 104 Å². The van der Waals surface area contributed by atoms with Crippen LogP contribution in [0.1, 0.15) is 18.1 Å². The van der Waals surface area contributed by atoms with Crippen molar-refractivity contribution in [2.24, 2.45) is 0 Å². The number of hydrogen-bond donors (Lipinski definition) is 1. The van der Waals surface area contributed by atoms with Crippen molar-refractivity contribution in [3.63, 3.8) is 0 Å². The van der Waals surface area contributed by atoms with Crippen LogP contribution in [-0.4, -0.2) is 46.5 Å². The van der Waals surface area contributed by atoms with Crippen LogP contribution in [0.15, 0.2) is 29.4 Å². The molecule has 0 aromatic carbocycles. The van der Waals surface area contributed by atoms with Gasteiger partial charge >= 0.3 is 6.55 Å². The minimum Gasteiger partial charge on any atom is -0.383 e. The Morgan fingerprint density at radius 3 is 2.81 bits per heavy atom. The number of sulfonamides is 1. The van der Waals surface area contributed by atoms with E-state index in [-0.39, 0.29) is 17.1 Å². The summed E-state index contributed by atoms with van der Waals surface area (Å²) in [5, 5.41) is 3.43. The molecule has 3 aromatic heterocycles. The van der Waals surface area contributed by atoms with E-state index in [1.807, 2.05) is 0 Å². The molecule has 0 saturated carbocycles. The minimum absolute atomic E-state index is 0.137. The van der Waals surface area contributed by atoms with Crippen LogP contribution in [0.3, 0.4) is 0 Å². The van der Waals surface area contributed by atoms with Gasteiger partial charge in [-0.15, -0.1) is 0 Å². The first-order chi connectivity index (χ1) is 12.8. The second kappa shape index (κ2) is 7.66. The molecule has 12 heteroatoms. The lowest BCUT2D eigenvalue weighted by molar-refractivity contribution is 0.0541. The lowest BCUT2D eigenvalue weighted by Gasteiger charge is -2.10. The number of halogens is 2. The summed E-state index contributed by atoms with van der Waals surface area (Å²) in [6.07, 6.45) is 2.52. The molecule has 0 aliphatic heterocycles. The van der Waals surface area contributed by atoms with E-state index in [0.717, 1.165) is 6.20 Å². The fraction of sp³-hybridized carbons (Fsp3) is 0.400. The van der Waals surface area contributed by atoms with Crippen LogP contribution in [0.5, 0.6) is 0 Å². The summed E-state index contributed by atoms with van der Waals surface area (Å²) in [6, 6.07) is 3.49. The van der Waals surface area contributed by atoms with Crippen LogP contribution in [-0.2, 0) is 27.8 Å². The van der Waals surface area contributed by atoms with E-state index in [4.69, 9.17) is 4.74 Å². The third-order valence-electron chi connectivity index (χ3n) is 4.00. The molecule has 0 spiro atoms. The second-order valence-electron chi connectivity index (χ2n) is 5.66. The molecule has 0 unspecified atom stereocenters. The first-order valence-corrected chi connectivity index (χ1v) is 9.44. The van der Waals surface area contributed by atoms with Gasteiger partial charge < -0.3 is 9.30 Å². The van der Waals surface area contributed by atoms with E-state index >= 15 is 0 Å². The molecule has 0 saturated heterocycles. The van der Waals surface area contributed by atoms with E-state index < -0.39 is 16.6 Å². The number of nitrogens with zero attached hydrogens (tertiary/aromatic N) is 5. The third kappa shape index (κ3) is 3.82. The van der Waals surface area contributed by atoms with Crippen LogP contribution in [0.25, 0.3) is 11.2 Å². The summed E-state index contributed by atoms with van der Waals surface area (Å²) >= 11 is 0. The Labute approximate surface area is 154 Å². The van der Waals surface area contributed by atoms with E-state index in [9.17, 15) is 17.2 Å². The van der Waals surface area contributed by atoms with Crippen LogP contribution in [0.2, 0.25) is 0 Å². The van der Waals surface area contributed by atoms with Crippen molar-refractivity contribution < 1.29 is 21.9 Å². The number of fused-ring (bicyclic) bond motifs is 1. The van der Waals surface area contributed by atoms with Crippen LogP contribution < -0.4 is 4.72 Å². The van der Waals surface area contributed by atoms with Gasteiger partial charge in [0, 0.05) is 19.9 Å². The zero-order valence-electron chi connectivity index (χ0n) is 14.6. The lowest BCUT2D eigenvalue weighted by atomic mass is 10.4. The Balaban J connectivity index is 1.87. The molecule has 0 bridgehead atoms. The standard InChI is InChI=1S/C15H18F2N6O3S/c1-10-12(8-19-23(10)15(16)17)27(24,25)20-9-13-21-11-4-3-5-18-14(11)22(13)6-7-26-2/h3-5,8,15,20H,6-7,9H2,1-2H3. The van der Waals surface area contributed by atoms with Crippen molar-refractivity contribution in [1.82, 2.24) is 29.0 Å². The number of alkyl halides is 2. The molecule has 27 heavy (non-hydrogen) atoms. The third-order valence-corrected chi connectivity index (χ3v) is 5.50. The quantitative estimate of drug-likeness (QED) is 0.614. The van der Waals surface area contributed by atoms with Crippen molar-refractivity contribution in [3.05, 3.63) is 36.0 Å². The molecule has 1 N–H and O–H groups in total. The van der Waals surface area contributed by atoms with Crippen molar-refractivity contribution in [2.45, 2.75) is 31.5 Å². The normalized spacial score (nSPS) is 12.3. The SMILES string of the molecule is COCCn1c(CNS(=O)(=O)c2cnn(C(F)F)c2C)nc2cccnc21. The predicted octanol–water partition coefficient (Wildman–Crippen LogP) is 1.46. The maximum atomic E-state index is 12.8. The highest BCUT2D eigenvalue weighted by Crippen LogP contribution is 2.20. The summed E-state index contributed by atoms with van der Waals surface area (Å²) in [4.78, 5) is 8.36. The van der Waals surface area contributed by atoms with Gasteiger partial charge in [-0.3, -0.25) is 0 Å². The molecule has 0 aliphatic rings. The highest BCUT2D eigenvalue weighted by atomic mass is 32.2. The molecule has 146 valence electrons. The maximum absolute atomic E-state index is 12.8. The number of hydrogen-bond acceptors (Lipinski definition) is 6. The molecular formula is C15H18F2N6O3S. The minimum atomic E-state index is -4.05. The zero-order chi connectivity index (χ0) is 19.6. The Bertz CT molecular complexity index is 1050. The van der Waals surface area contributed by atoms with Crippen LogP contribution in [0.4, 0.5) is 8.78 Å². The molecule has 0 fully saturated rings. The summed E-state index contributed by atoms with van der Waals surface area (Å²) in [7, 11) is -2.49. The van der Waals surface area contributed by atoms with Gasteiger partial charge in [-0.05, 0) is 19.1 Å². The number of aromatic nitrogens is 5. The van der Waals surface area contributed by atoms with Gasteiger partial charge in [0.2, 0.25) is 10.0 Å². The van der Waals surface area contributed by atoms with Gasteiger partial charge in [-0.1, -0.05) is 0 Å². The number of nitrogens with one attached hydrogen (secondary N) is 1. The zero-order valence-corrected chi connectivity index (χ0v) is 15.4. The largest absolute Gasteiger partial charge is 0.383 e. The smallest absolute Gasteiger partial charge is 0.333 e. The number of ether oxygens (including phenoxy) is 1. The number of imidazole rings is 1. The predicted molar refractivity (Wildman–Crippen MR) is 91.6 cm³/mol. The summed E-state index contributed by atoms with van der Waals surface area (Å²) in [5.41, 5.74) is 1.07. The van der Waals surface area contributed by atoms with Crippen LogP contribution >= 0.6 is 0 Å². The van der Waals surface area contributed by atoms with Gasteiger partial charge in [0.1, 0.15) is 16.2 Å². The Morgan fingerprint density at radius 1 is 1.37 bits per heavy atom. The van der Waals surface area contributed by atoms with Gasteiger partial charge in [-0.25, -0.2) is 27.8 Å². The molecule has 3 rings (SSSR count). The van der Waals surface area contributed by atoms with E-state index in [1.54, 1.807) is 30.0 Å². The first kappa shape index (κ1) is 19.3. The van der Waals surface area contributed by atoms with Crippen molar-refractivity contribution >= 4 is 21.2 Å². The highest BCUT2D eigenvalue weighted by Gasteiger charge is 2.24. The van der Waals surface area contributed by atoms with Gasteiger partial charge in [0.15, 0.2) is 5.65 Å². The fourth-order valence-electron chi connectivity index (χ4n) is 2.66. The Morgan fingerprint density at radius 2 is 2.15 bits per heavy atom. The molecule has 0 radical (unpaired) electrons. The fourth-order valence-corrected chi connectivity index (χ4v) is 3.81. The molecule has 3 heterocycles. The Kier molecular flexibility index (Phi) is 5.48. The number of pyridine rings is 1.